The number of hydrogen-bond acceptors (Lipinski definition) is 7. The van der Waals surface area contributed by atoms with E-state index in [1.807, 2.05) is 30.3 Å². The van der Waals surface area contributed by atoms with E-state index in [1.165, 1.54) is 6.08 Å². The number of non-ortho nitro benzene ring substituents is 1. The maximum Gasteiger partial charge on any atom is 0.269 e. The number of sulfone groups is 1. The van der Waals surface area contributed by atoms with E-state index in [0.29, 0.717) is 0 Å². The molecule has 0 bridgehead atoms. The number of amides is 1. The fourth-order valence-electron chi connectivity index (χ4n) is 2.19. The molecule has 0 saturated carbocycles. The molecule has 0 spiro atoms. The highest BCUT2D eigenvalue weighted by Gasteiger charge is 2.22. The Labute approximate surface area is 164 Å². The molecule has 0 aliphatic carbocycles. The maximum absolute atomic E-state index is 12.6. The van der Waals surface area contributed by atoms with Gasteiger partial charge in [-0.2, -0.15) is 0 Å². The summed E-state index contributed by atoms with van der Waals surface area (Å²) in [6.45, 7) is 0. The zero-order valence-electron chi connectivity index (χ0n) is 14.2. The van der Waals surface area contributed by atoms with Crippen LogP contribution < -0.4 is 5.32 Å². The number of nitrogens with one attached hydrogen (secondary N) is 1. The Morgan fingerprint density at radius 2 is 1.79 bits per heavy atom. The summed E-state index contributed by atoms with van der Waals surface area (Å²) in [7, 11) is -3.89. The molecule has 0 aliphatic rings. The lowest BCUT2D eigenvalue weighted by Gasteiger charge is -2.00. The van der Waals surface area contributed by atoms with Crippen molar-refractivity contribution < 1.29 is 18.1 Å². The minimum atomic E-state index is -3.89. The predicted molar refractivity (Wildman–Crippen MR) is 105 cm³/mol. The molecule has 2 aromatic carbocycles. The Kier molecular flexibility index (Phi) is 5.62. The molecule has 28 heavy (non-hydrogen) atoms. The van der Waals surface area contributed by atoms with Gasteiger partial charge >= 0.3 is 0 Å². The Morgan fingerprint density at radius 1 is 1.11 bits per heavy atom. The van der Waals surface area contributed by atoms with Gasteiger partial charge in [-0.25, -0.2) is 13.4 Å². The molecule has 1 aromatic heterocycles. The summed E-state index contributed by atoms with van der Waals surface area (Å²) in [6.07, 6.45) is 4.08. The van der Waals surface area contributed by atoms with Crippen molar-refractivity contribution in [2.24, 2.45) is 0 Å². The summed E-state index contributed by atoms with van der Waals surface area (Å²) >= 11 is 0.796. The van der Waals surface area contributed by atoms with Gasteiger partial charge in [0.05, 0.1) is 16.0 Å². The third-order valence-electron chi connectivity index (χ3n) is 3.56. The smallest absolute Gasteiger partial charge is 0.269 e. The third-order valence-corrected chi connectivity index (χ3v) is 6.71. The van der Waals surface area contributed by atoms with Crippen molar-refractivity contribution in [3.05, 3.63) is 82.5 Å². The summed E-state index contributed by atoms with van der Waals surface area (Å²) < 4.78 is 25.1. The first kappa shape index (κ1) is 19.4. The lowest BCUT2D eigenvalue weighted by atomic mass is 10.2. The molecule has 3 rings (SSSR count). The number of anilines is 1. The number of nitro groups is 1. The molecule has 0 fully saturated rings. The van der Waals surface area contributed by atoms with Crippen molar-refractivity contribution in [3.63, 3.8) is 0 Å². The molecule has 8 nitrogen and oxygen atoms in total. The molecule has 142 valence electrons. The van der Waals surface area contributed by atoms with Gasteiger partial charge < -0.3 is 0 Å². The maximum atomic E-state index is 12.6. The van der Waals surface area contributed by atoms with Crippen LogP contribution in [-0.4, -0.2) is 24.2 Å². The summed E-state index contributed by atoms with van der Waals surface area (Å²) in [4.78, 5) is 25.9. The normalized spacial score (nSPS) is 11.4. The standard InChI is InChI=1S/C18H13N3O5S2/c22-16(11-6-13-4-2-1-3-5-13)20-18-19-12-17(27-18)28(25,26)15-9-7-14(8-10-15)21(23)24/h1-12H,(H,19,20,22). The Morgan fingerprint density at radius 3 is 2.43 bits per heavy atom. The number of rotatable bonds is 6. The number of benzene rings is 2. The van der Waals surface area contributed by atoms with Gasteiger partial charge in [-0.3, -0.25) is 20.2 Å². The number of thiazole rings is 1. The molecule has 0 atom stereocenters. The van der Waals surface area contributed by atoms with E-state index < -0.39 is 20.7 Å². The van der Waals surface area contributed by atoms with Gasteiger partial charge in [0.25, 0.3) is 5.69 Å². The molecule has 1 N–H and O–H groups in total. The molecule has 0 radical (unpaired) electrons. The van der Waals surface area contributed by atoms with E-state index in [0.717, 1.165) is 47.4 Å². The summed E-state index contributed by atoms with van der Waals surface area (Å²) in [6, 6.07) is 13.8. The number of carbonyl (C=O) groups is 1. The van der Waals surface area contributed by atoms with Crippen molar-refractivity contribution in [1.82, 2.24) is 4.98 Å². The minimum absolute atomic E-state index is 0.0799. The highest BCUT2D eigenvalue weighted by Crippen LogP contribution is 2.29. The zero-order chi connectivity index (χ0) is 20.1. The van der Waals surface area contributed by atoms with Crippen LogP contribution in [0.3, 0.4) is 0 Å². The van der Waals surface area contributed by atoms with Gasteiger partial charge in [0.1, 0.15) is 4.21 Å². The third kappa shape index (κ3) is 4.48. The predicted octanol–water partition coefficient (Wildman–Crippen LogP) is 3.54. The van der Waals surface area contributed by atoms with E-state index in [9.17, 15) is 23.3 Å². The molecular weight excluding hydrogens is 402 g/mol. The molecule has 1 heterocycles. The van der Waals surface area contributed by atoms with Crippen molar-refractivity contribution >= 4 is 44.0 Å². The lowest BCUT2D eigenvalue weighted by Crippen LogP contribution is -2.07. The average Bonchev–Trinajstić information content (AvgIpc) is 3.16. The number of nitro benzene ring substituents is 1. The van der Waals surface area contributed by atoms with Crippen LogP contribution in [0.1, 0.15) is 5.56 Å². The molecule has 1 amide bonds. The van der Waals surface area contributed by atoms with Crippen molar-refractivity contribution in [2.45, 2.75) is 9.10 Å². The monoisotopic (exact) mass is 415 g/mol. The van der Waals surface area contributed by atoms with Gasteiger partial charge in [0, 0.05) is 18.2 Å². The minimum Gasteiger partial charge on any atom is -0.298 e. The second kappa shape index (κ2) is 8.11. The average molecular weight is 415 g/mol. The van der Waals surface area contributed by atoms with Crippen molar-refractivity contribution in [3.8, 4) is 0 Å². The summed E-state index contributed by atoms with van der Waals surface area (Å²) in [5, 5.41) is 13.3. The largest absolute Gasteiger partial charge is 0.298 e. The van der Waals surface area contributed by atoms with Crippen LogP contribution in [-0.2, 0) is 14.6 Å². The molecular formula is C18H13N3O5S2. The van der Waals surface area contributed by atoms with E-state index in [4.69, 9.17) is 0 Å². The van der Waals surface area contributed by atoms with E-state index >= 15 is 0 Å². The topological polar surface area (TPSA) is 119 Å². The van der Waals surface area contributed by atoms with Gasteiger partial charge in [-0.1, -0.05) is 41.7 Å². The van der Waals surface area contributed by atoms with Crippen molar-refractivity contribution in [1.29, 1.82) is 0 Å². The molecule has 10 heteroatoms. The van der Waals surface area contributed by atoms with Gasteiger partial charge in [0.2, 0.25) is 15.7 Å². The zero-order valence-corrected chi connectivity index (χ0v) is 15.8. The van der Waals surface area contributed by atoms with E-state index in [1.54, 1.807) is 6.08 Å². The number of hydrogen-bond donors (Lipinski definition) is 1. The number of carbonyl (C=O) groups excluding carboxylic acids is 1. The summed E-state index contributed by atoms with van der Waals surface area (Å²) in [5.41, 5.74) is 0.639. The SMILES string of the molecule is O=C(C=Cc1ccccc1)Nc1ncc(S(=O)(=O)c2ccc([N+](=O)[O-])cc2)s1. The Balaban J connectivity index is 1.73. The van der Waals surface area contributed by atoms with Gasteiger partial charge in [-0.15, -0.1) is 0 Å². The highest BCUT2D eigenvalue weighted by atomic mass is 32.2. The Bertz CT molecular complexity index is 1140. The Hall–Kier alpha value is -3.37. The van der Waals surface area contributed by atoms with Crippen LogP contribution in [0.25, 0.3) is 6.08 Å². The van der Waals surface area contributed by atoms with Crippen LogP contribution in [0.2, 0.25) is 0 Å². The fourth-order valence-corrected chi connectivity index (χ4v) is 4.62. The van der Waals surface area contributed by atoms with Gasteiger partial charge in [0.15, 0.2) is 5.13 Å². The van der Waals surface area contributed by atoms with Crippen LogP contribution in [0.5, 0.6) is 0 Å². The van der Waals surface area contributed by atoms with Crippen molar-refractivity contribution in [2.75, 3.05) is 5.32 Å². The van der Waals surface area contributed by atoms with E-state index in [-0.39, 0.29) is 19.9 Å². The number of aromatic nitrogens is 1. The highest BCUT2D eigenvalue weighted by molar-refractivity contribution is 7.93. The quantitative estimate of drug-likeness (QED) is 0.374. The first-order valence-electron chi connectivity index (χ1n) is 7.86. The van der Waals surface area contributed by atoms with Gasteiger partial charge in [-0.05, 0) is 23.8 Å². The van der Waals surface area contributed by atoms with Crippen LogP contribution in [0, 0.1) is 10.1 Å². The molecule has 0 saturated heterocycles. The second-order valence-electron chi connectivity index (χ2n) is 5.47. The number of nitrogens with zero attached hydrogens (tertiary/aromatic N) is 2. The molecule has 3 aromatic rings. The first-order valence-corrected chi connectivity index (χ1v) is 10.2. The van der Waals surface area contributed by atoms with Crippen LogP contribution in [0.15, 0.2) is 76.0 Å². The lowest BCUT2D eigenvalue weighted by molar-refractivity contribution is -0.384. The van der Waals surface area contributed by atoms with E-state index in [2.05, 4.69) is 10.3 Å². The fraction of sp³-hybridized carbons (Fsp3) is 0. The van der Waals surface area contributed by atoms with Crippen LogP contribution >= 0.6 is 11.3 Å². The van der Waals surface area contributed by atoms with Crippen LogP contribution in [0.4, 0.5) is 10.8 Å². The summed E-state index contributed by atoms with van der Waals surface area (Å²) in [5.74, 6) is -0.447. The molecule has 0 unspecified atom stereocenters. The molecule has 0 aliphatic heterocycles. The first-order chi connectivity index (χ1) is 13.4. The second-order valence-corrected chi connectivity index (χ2v) is 8.68.